The van der Waals surface area contributed by atoms with Crippen molar-refractivity contribution < 1.29 is 13.5 Å². The van der Waals surface area contributed by atoms with Crippen LogP contribution in [0.1, 0.15) is 34.1 Å². The minimum Gasteiger partial charge on any atom is -0.395 e. The summed E-state index contributed by atoms with van der Waals surface area (Å²) in [6, 6.07) is 0. The zero-order valence-electron chi connectivity index (χ0n) is 8.66. The third kappa shape index (κ3) is 4.06. The summed E-state index contributed by atoms with van der Waals surface area (Å²) in [5, 5.41) is 7.97. The minimum absolute atomic E-state index is 0.352. The van der Waals surface area contributed by atoms with Crippen LogP contribution >= 0.6 is 0 Å². The van der Waals surface area contributed by atoms with E-state index in [-0.39, 0.29) is 6.61 Å². The number of sulfonamides is 1. The molecule has 0 aliphatic carbocycles. The number of aliphatic hydroxyl groups excluding tert-OH is 1. The van der Waals surface area contributed by atoms with E-state index < -0.39 is 20.8 Å². The van der Waals surface area contributed by atoms with Gasteiger partial charge in [0.05, 0.1) is 11.9 Å². The molecule has 1 atom stereocenters. The molecule has 0 rings (SSSR count). The molecule has 0 radical (unpaired) electrons. The number of hydrogen-bond acceptors (Lipinski definition) is 3. The highest BCUT2D eigenvalue weighted by Crippen LogP contribution is 2.11. The summed E-state index contributed by atoms with van der Waals surface area (Å²) >= 11 is 0. The van der Waals surface area contributed by atoms with Gasteiger partial charge >= 0.3 is 0 Å². The first-order chi connectivity index (χ1) is 5.75. The highest BCUT2D eigenvalue weighted by atomic mass is 32.2. The first-order valence-corrected chi connectivity index (χ1v) is 5.93. The third-order valence-corrected chi connectivity index (χ3v) is 4.13. The van der Waals surface area contributed by atoms with Gasteiger partial charge in [-0.3, -0.25) is 0 Å². The fourth-order valence-corrected chi connectivity index (χ4v) is 1.97. The van der Waals surface area contributed by atoms with Crippen LogP contribution in [0.3, 0.4) is 0 Å². The third-order valence-electron chi connectivity index (χ3n) is 2.09. The van der Waals surface area contributed by atoms with E-state index in [0.717, 1.165) is 0 Å². The smallest absolute Gasteiger partial charge is 0.216 e. The average Bonchev–Trinajstić information content (AvgIpc) is 2.01. The Balaban J connectivity index is 4.52. The topological polar surface area (TPSA) is 66.4 Å². The van der Waals surface area contributed by atoms with Gasteiger partial charge in [0.15, 0.2) is 0 Å². The molecule has 0 heterocycles. The van der Waals surface area contributed by atoms with E-state index in [1.807, 2.05) is 20.8 Å². The molecule has 0 saturated heterocycles. The van der Waals surface area contributed by atoms with Crippen LogP contribution in [0.4, 0.5) is 0 Å². The van der Waals surface area contributed by atoms with Crippen LogP contribution in [0.15, 0.2) is 0 Å². The second kappa shape index (κ2) is 4.39. The van der Waals surface area contributed by atoms with Gasteiger partial charge < -0.3 is 5.11 Å². The van der Waals surface area contributed by atoms with Gasteiger partial charge in [-0.05, 0) is 27.2 Å². The second-order valence-corrected chi connectivity index (χ2v) is 5.98. The number of hydrogen-bond donors (Lipinski definition) is 2. The van der Waals surface area contributed by atoms with Crippen molar-refractivity contribution in [3.05, 3.63) is 0 Å². The summed E-state index contributed by atoms with van der Waals surface area (Å²) in [7, 11) is -3.38. The molecule has 0 fully saturated rings. The summed E-state index contributed by atoms with van der Waals surface area (Å²) in [6.45, 7) is 6.67. The Morgan fingerprint density at radius 3 is 2.23 bits per heavy atom. The van der Waals surface area contributed by atoms with Crippen LogP contribution in [0.25, 0.3) is 0 Å². The molecule has 1 unspecified atom stereocenters. The van der Waals surface area contributed by atoms with Crippen molar-refractivity contribution in [1.82, 2.24) is 4.72 Å². The summed E-state index contributed by atoms with van der Waals surface area (Å²) in [5.41, 5.74) is -0.442. The molecule has 2 N–H and O–H groups in total. The molecule has 0 aliphatic heterocycles. The van der Waals surface area contributed by atoms with Crippen LogP contribution in [0.2, 0.25) is 0 Å². The van der Waals surface area contributed by atoms with Gasteiger partial charge in [-0.25, -0.2) is 13.1 Å². The van der Waals surface area contributed by atoms with Gasteiger partial charge in [0.25, 0.3) is 0 Å². The maximum absolute atomic E-state index is 11.5. The van der Waals surface area contributed by atoms with Crippen LogP contribution in [0, 0.1) is 0 Å². The maximum Gasteiger partial charge on any atom is 0.216 e. The predicted octanol–water partition coefficient (Wildman–Crippen LogP) is 0.475. The predicted molar refractivity (Wildman–Crippen MR) is 53.0 cm³/mol. The van der Waals surface area contributed by atoms with E-state index in [1.165, 1.54) is 6.92 Å². The molecule has 0 saturated carbocycles. The zero-order chi connectivity index (χ0) is 10.7. The van der Waals surface area contributed by atoms with E-state index >= 15 is 0 Å². The van der Waals surface area contributed by atoms with Gasteiger partial charge in [0, 0.05) is 5.54 Å². The van der Waals surface area contributed by atoms with Crippen LogP contribution in [-0.2, 0) is 10.0 Å². The maximum atomic E-state index is 11.5. The molecule has 5 heteroatoms. The Morgan fingerprint density at radius 1 is 1.46 bits per heavy atom. The zero-order valence-corrected chi connectivity index (χ0v) is 9.48. The Labute approximate surface area is 80.4 Å². The Morgan fingerprint density at radius 2 is 1.92 bits per heavy atom. The quantitative estimate of drug-likeness (QED) is 0.692. The van der Waals surface area contributed by atoms with Gasteiger partial charge in [0.2, 0.25) is 10.0 Å². The SMILES string of the molecule is CCC(C)(C)NS(=O)(=O)C(C)CO. The highest BCUT2D eigenvalue weighted by Gasteiger charge is 2.27. The molecule has 13 heavy (non-hydrogen) atoms. The van der Waals surface area contributed by atoms with Crippen molar-refractivity contribution >= 4 is 10.0 Å². The lowest BCUT2D eigenvalue weighted by molar-refractivity contribution is 0.293. The second-order valence-electron chi connectivity index (χ2n) is 3.88. The average molecular weight is 209 g/mol. The van der Waals surface area contributed by atoms with Gasteiger partial charge in [-0.15, -0.1) is 0 Å². The lowest BCUT2D eigenvalue weighted by Crippen LogP contribution is -2.47. The van der Waals surface area contributed by atoms with Crippen LogP contribution in [0.5, 0.6) is 0 Å². The van der Waals surface area contributed by atoms with E-state index in [9.17, 15) is 8.42 Å². The lowest BCUT2D eigenvalue weighted by Gasteiger charge is -2.25. The monoisotopic (exact) mass is 209 g/mol. The van der Waals surface area contributed by atoms with Gasteiger partial charge in [0.1, 0.15) is 0 Å². The molecule has 0 amide bonds. The fraction of sp³-hybridized carbons (Fsp3) is 1.00. The number of rotatable bonds is 5. The molecule has 0 aliphatic rings. The molecule has 0 bridgehead atoms. The molecule has 4 nitrogen and oxygen atoms in total. The largest absolute Gasteiger partial charge is 0.395 e. The summed E-state index contributed by atoms with van der Waals surface area (Å²) in [5.74, 6) is 0. The lowest BCUT2D eigenvalue weighted by atomic mass is 10.0. The van der Waals surface area contributed by atoms with E-state index in [0.29, 0.717) is 6.42 Å². The number of aliphatic hydroxyl groups is 1. The van der Waals surface area contributed by atoms with Crippen molar-refractivity contribution in [2.45, 2.75) is 44.9 Å². The van der Waals surface area contributed by atoms with Crippen molar-refractivity contribution in [2.24, 2.45) is 0 Å². The molecule has 0 aromatic carbocycles. The van der Waals surface area contributed by atoms with Gasteiger partial charge in [-0.2, -0.15) is 0 Å². The van der Waals surface area contributed by atoms with Crippen molar-refractivity contribution in [1.29, 1.82) is 0 Å². The van der Waals surface area contributed by atoms with Crippen molar-refractivity contribution in [2.75, 3.05) is 6.61 Å². The molecule has 80 valence electrons. The Hall–Kier alpha value is -0.130. The number of nitrogens with one attached hydrogen (secondary N) is 1. The van der Waals surface area contributed by atoms with Gasteiger partial charge in [-0.1, -0.05) is 6.92 Å². The first kappa shape index (κ1) is 12.9. The summed E-state index contributed by atoms with van der Waals surface area (Å²) in [4.78, 5) is 0. The normalized spacial score (nSPS) is 15.8. The van der Waals surface area contributed by atoms with E-state index in [1.54, 1.807) is 0 Å². The molecule has 0 aromatic heterocycles. The Kier molecular flexibility index (Phi) is 4.35. The molecule has 0 spiro atoms. The van der Waals surface area contributed by atoms with Crippen molar-refractivity contribution in [3.63, 3.8) is 0 Å². The minimum atomic E-state index is -3.38. The molecular formula is C8H19NO3S. The first-order valence-electron chi connectivity index (χ1n) is 4.39. The highest BCUT2D eigenvalue weighted by molar-refractivity contribution is 7.90. The Bertz CT molecular complexity index is 246. The molecule has 0 aromatic rings. The fourth-order valence-electron chi connectivity index (χ4n) is 0.656. The molecular weight excluding hydrogens is 190 g/mol. The summed E-state index contributed by atoms with van der Waals surface area (Å²) < 4.78 is 25.5. The standard InChI is InChI=1S/C8H19NO3S/c1-5-8(3,4)9-13(11,12)7(2)6-10/h7,9-10H,5-6H2,1-4H3. The van der Waals surface area contributed by atoms with Crippen LogP contribution in [-0.4, -0.2) is 30.9 Å². The van der Waals surface area contributed by atoms with E-state index in [4.69, 9.17) is 5.11 Å². The van der Waals surface area contributed by atoms with E-state index in [2.05, 4.69) is 4.72 Å². The summed E-state index contributed by atoms with van der Waals surface area (Å²) in [6.07, 6.45) is 0.713. The van der Waals surface area contributed by atoms with Crippen LogP contribution < -0.4 is 4.72 Å². The van der Waals surface area contributed by atoms with Crippen molar-refractivity contribution in [3.8, 4) is 0 Å².